The fourth-order valence-corrected chi connectivity index (χ4v) is 19.7. The molecule has 0 rings (SSSR count). The van der Waals surface area contributed by atoms with E-state index in [1.807, 2.05) is 52.4 Å². The molecule has 0 aromatic carbocycles. The molecule has 0 saturated carbocycles. The van der Waals surface area contributed by atoms with Gasteiger partial charge in [-0.25, -0.2) is 0 Å². The minimum Gasteiger partial charge on any atom is -0.395 e. The van der Waals surface area contributed by atoms with Gasteiger partial charge in [0.1, 0.15) is 0 Å². The van der Waals surface area contributed by atoms with Gasteiger partial charge in [-0.05, 0) is 76.0 Å². The summed E-state index contributed by atoms with van der Waals surface area (Å²) in [5, 5.41) is 0. The Morgan fingerprint density at radius 1 is 0.351 bits per heavy atom. The average Bonchev–Trinajstić information content (AvgIpc) is 2.66. The third kappa shape index (κ3) is 18.7. The van der Waals surface area contributed by atoms with Gasteiger partial charge in [0.25, 0.3) is 0 Å². The highest BCUT2D eigenvalue weighted by atomic mass is 28.6. The van der Waals surface area contributed by atoms with Crippen molar-refractivity contribution in [2.75, 3.05) is 26.4 Å². The van der Waals surface area contributed by atoms with Crippen LogP contribution in [0, 0.1) is 23.7 Å². The first-order valence-corrected chi connectivity index (χ1v) is 26.8. The standard InChI is InChI=1S/C24H60O8Si5/c1-21(2)17-25-33(9,10)29-37(30-34(11,12)26-18-22(3)4,31-35(13,14)27-19-23(5)6)32-36(15,16)28-20-24(7)8/h21-24H,17-20H2,1-16H3. The Kier molecular flexibility index (Phi) is 16.0. The average molecular weight is 617 g/mol. The van der Waals surface area contributed by atoms with E-state index in [9.17, 15) is 0 Å². The summed E-state index contributed by atoms with van der Waals surface area (Å²) in [5.41, 5.74) is 0. The lowest BCUT2D eigenvalue weighted by molar-refractivity contribution is 0.0618. The fraction of sp³-hybridized carbons (Fsp3) is 1.00. The molecule has 0 saturated heterocycles. The van der Waals surface area contributed by atoms with Crippen LogP contribution in [0.1, 0.15) is 55.4 Å². The van der Waals surface area contributed by atoms with Crippen molar-refractivity contribution in [3.8, 4) is 0 Å². The summed E-state index contributed by atoms with van der Waals surface area (Å²) in [6.45, 7) is 35.5. The molecule has 13 heteroatoms. The van der Waals surface area contributed by atoms with Crippen LogP contribution in [0.4, 0.5) is 0 Å². The Bertz CT molecular complexity index is 533. The van der Waals surface area contributed by atoms with Crippen molar-refractivity contribution in [3.05, 3.63) is 0 Å². The molecular formula is C24H60O8Si5. The maximum absolute atomic E-state index is 6.86. The Balaban J connectivity index is 6.53. The zero-order valence-corrected chi connectivity index (χ0v) is 31.9. The normalized spacial score (nSPS) is 14.6. The molecule has 0 aliphatic carbocycles. The van der Waals surface area contributed by atoms with Crippen molar-refractivity contribution in [3.63, 3.8) is 0 Å². The lowest BCUT2D eigenvalue weighted by Gasteiger charge is -2.44. The number of hydrogen-bond donors (Lipinski definition) is 0. The highest BCUT2D eigenvalue weighted by molar-refractivity contribution is 6.88. The first-order valence-electron chi connectivity index (χ1n) is 13.9. The highest BCUT2D eigenvalue weighted by Gasteiger charge is 2.61. The molecule has 8 nitrogen and oxygen atoms in total. The van der Waals surface area contributed by atoms with Crippen molar-refractivity contribution in [1.82, 2.24) is 0 Å². The maximum atomic E-state index is 6.86. The van der Waals surface area contributed by atoms with Gasteiger partial charge < -0.3 is 34.2 Å². The van der Waals surface area contributed by atoms with Gasteiger partial charge in [-0.3, -0.25) is 0 Å². The highest BCUT2D eigenvalue weighted by Crippen LogP contribution is 2.31. The smallest absolute Gasteiger partial charge is 0.395 e. The van der Waals surface area contributed by atoms with Crippen molar-refractivity contribution in [1.29, 1.82) is 0 Å². The molecule has 0 aromatic rings. The van der Waals surface area contributed by atoms with Gasteiger partial charge in [-0.2, -0.15) is 0 Å². The van der Waals surface area contributed by atoms with E-state index < -0.39 is 43.3 Å². The molecule has 0 aliphatic rings. The molecule has 0 amide bonds. The molecule has 0 bridgehead atoms. The van der Waals surface area contributed by atoms with Gasteiger partial charge >= 0.3 is 43.3 Å². The summed E-state index contributed by atoms with van der Waals surface area (Å²) in [4.78, 5) is 0. The van der Waals surface area contributed by atoms with Crippen LogP contribution in [0.25, 0.3) is 0 Å². The van der Waals surface area contributed by atoms with Gasteiger partial charge in [0, 0.05) is 26.4 Å². The Labute approximate surface area is 234 Å². The molecule has 0 radical (unpaired) electrons. The van der Waals surface area contributed by atoms with Gasteiger partial charge in [0.05, 0.1) is 0 Å². The van der Waals surface area contributed by atoms with Gasteiger partial charge in [0.2, 0.25) is 0 Å². The third-order valence-corrected chi connectivity index (χ3v) is 19.9. The molecule has 0 aliphatic heterocycles. The minimum absolute atomic E-state index is 0.370. The molecule has 0 fully saturated rings. The zero-order valence-electron chi connectivity index (χ0n) is 26.9. The minimum atomic E-state index is -3.88. The predicted octanol–water partition coefficient (Wildman–Crippen LogP) is 6.99. The lowest BCUT2D eigenvalue weighted by atomic mass is 10.2. The van der Waals surface area contributed by atoms with E-state index in [0.717, 1.165) is 0 Å². The van der Waals surface area contributed by atoms with E-state index in [1.54, 1.807) is 0 Å². The monoisotopic (exact) mass is 616 g/mol. The lowest BCUT2D eigenvalue weighted by Crippen LogP contribution is -2.68. The summed E-state index contributed by atoms with van der Waals surface area (Å²) in [6.07, 6.45) is 0. The predicted molar refractivity (Wildman–Crippen MR) is 163 cm³/mol. The summed E-state index contributed by atoms with van der Waals surface area (Å²) >= 11 is 0. The van der Waals surface area contributed by atoms with Gasteiger partial charge in [-0.15, -0.1) is 0 Å². The van der Waals surface area contributed by atoms with Crippen molar-refractivity contribution < 1.29 is 34.2 Å². The molecule has 0 heterocycles. The van der Waals surface area contributed by atoms with Crippen molar-refractivity contribution in [2.24, 2.45) is 23.7 Å². The van der Waals surface area contributed by atoms with Crippen LogP contribution in [0.5, 0.6) is 0 Å². The molecule has 0 atom stereocenters. The van der Waals surface area contributed by atoms with Crippen molar-refractivity contribution >= 4 is 43.3 Å². The van der Waals surface area contributed by atoms with E-state index in [-0.39, 0.29) is 0 Å². The van der Waals surface area contributed by atoms with Crippen LogP contribution in [0.15, 0.2) is 0 Å². The first kappa shape index (κ1) is 37.8. The van der Waals surface area contributed by atoms with Crippen LogP contribution in [0.2, 0.25) is 52.4 Å². The van der Waals surface area contributed by atoms with Crippen LogP contribution < -0.4 is 0 Å². The molecule has 0 aromatic heterocycles. The second-order valence-corrected chi connectivity index (χ2v) is 29.9. The second-order valence-electron chi connectivity index (χ2n) is 13.3. The molecular weight excluding hydrogens is 557 g/mol. The van der Waals surface area contributed by atoms with E-state index >= 15 is 0 Å². The molecule has 0 N–H and O–H groups in total. The zero-order chi connectivity index (χ0) is 29.3. The summed E-state index contributed by atoms with van der Waals surface area (Å²) in [5.74, 6) is 1.48. The Hall–Kier alpha value is 0.764. The first-order chi connectivity index (χ1) is 16.5. The Morgan fingerprint density at radius 3 is 0.649 bits per heavy atom. The van der Waals surface area contributed by atoms with E-state index in [0.29, 0.717) is 50.1 Å². The fourth-order valence-electron chi connectivity index (χ4n) is 2.92. The third-order valence-electron chi connectivity index (χ3n) is 4.54. The largest absolute Gasteiger partial charge is 0.643 e. The van der Waals surface area contributed by atoms with Gasteiger partial charge in [0.15, 0.2) is 0 Å². The van der Waals surface area contributed by atoms with Gasteiger partial charge in [-0.1, -0.05) is 55.4 Å². The molecule has 224 valence electrons. The van der Waals surface area contributed by atoms with Crippen molar-refractivity contribution in [2.45, 2.75) is 108 Å². The second kappa shape index (κ2) is 15.7. The van der Waals surface area contributed by atoms with E-state index in [1.165, 1.54) is 0 Å². The molecule has 0 unspecified atom stereocenters. The van der Waals surface area contributed by atoms with E-state index in [2.05, 4.69) is 55.4 Å². The number of hydrogen-bond acceptors (Lipinski definition) is 8. The summed E-state index contributed by atoms with van der Waals surface area (Å²) in [6, 6.07) is 0. The maximum Gasteiger partial charge on any atom is 0.643 e. The quantitative estimate of drug-likeness (QED) is 0.136. The Morgan fingerprint density at radius 2 is 0.514 bits per heavy atom. The molecule has 0 spiro atoms. The van der Waals surface area contributed by atoms with Crippen LogP contribution in [-0.2, 0) is 34.2 Å². The topological polar surface area (TPSA) is 73.8 Å². The van der Waals surface area contributed by atoms with Crippen LogP contribution in [-0.4, -0.2) is 69.7 Å². The van der Waals surface area contributed by atoms with Crippen LogP contribution in [0.3, 0.4) is 0 Å². The summed E-state index contributed by atoms with van der Waals surface area (Å²) in [7, 11) is -14.9. The van der Waals surface area contributed by atoms with E-state index in [4.69, 9.17) is 34.2 Å². The number of rotatable bonds is 20. The van der Waals surface area contributed by atoms with Crippen LogP contribution >= 0.6 is 0 Å². The summed E-state index contributed by atoms with van der Waals surface area (Å²) < 4.78 is 52.7. The molecule has 37 heavy (non-hydrogen) atoms. The SMILES string of the molecule is CC(C)CO[Si](C)(C)O[Si](O[Si](C)(C)OCC(C)C)(O[Si](C)(C)OCC(C)C)O[Si](C)(C)OCC(C)C.